The highest BCUT2D eigenvalue weighted by atomic mass is 35.5. The van der Waals surface area contributed by atoms with E-state index in [1.807, 2.05) is 56.7 Å². The van der Waals surface area contributed by atoms with Crippen molar-refractivity contribution in [1.29, 1.82) is 0 Å². The van der Waals surface area contributed by atoms with Gasteiger partial charge in [-0.25, -0.2) is 4.21 Å². The predicted molar refractivity (Wildman–Crippen MR) is 187 cm³/mol. The first-order chi connectivity index (χ1) is 21.0. The zero-order valence-corrected chi connectivity index (χ0v) is 29.4. The van der Waals surface area contributed by atoms with Crippen LogP contribution < -0.4 is 14.4 Å². The SMILES string of the molecule is CCCc1cc(Cl)ccc1[C@]1(C)COc2ccc3cc2N(CC2CCC2C(O)/C=C/CC(C)C(C)S(=O)NC3=O)C1.CSC. The van der Waals surface area contributed by atoms with Crippen molar-refractivity contribution < 1.29 is 18.8 Å². The van der Waals surface area contributed by atoms with Crippen LogP contribution in [0.2, 0.25) is 5.02 Å². The third-order valence-electron chi connectivity index (χ3n) is 9.43. The van der Waals surface area contributed by atoms with Gasteiger partial charge in [-0.1, -0.05) is 57.0 Å². The van der Waals surface area contributed by atoms with Crippen molar-refractivity contribution in [2.45, 2.75) is 76.6 Å². The molecule has 2 aromatic carbocycles. The van der Waals surface area contributed by atoms with E-state index in [1.54, 1.807) is 17.8 Å². The highest BCUT2D eigenvalue weighted by molar-refractivity contribution is 7.97. The number of aliphatic hydroxyl groups is 1. The minimum atomic E-state index is -1.54. The number of fused-ring (bicyclic) bond motifs is 2. The van der Waals surface area contributed by atoms with E-state index in [0.717, 1.165) is 48.7 Å². The highest BCUT2D eigenvalue weighted by Gasteiger charge is 2.41. The summed E-state index contributed by atoms with van der Waals surface area (Å²) in [5.74, 6) is 0.970. The Morgan fingerprint density at radius 3 is 2.61 bits per heavy atom. The summed E-state index contributed by atoms with van der Waals surface area (Å²) in [7, 11) is -1.54. The topological polar surface area (TPSA) is 78.9 Å². The molecular weight excluding hydrogens is 612 g/mol. The molecule has 1 amide bonds. The molecule has 0 spiro atoms. The molecule has 2 aromatic rings. The number of aryl methyl sites for hydroxylation is 1. The van der Waals surface area contributed by atoms with Crippen LogP contribution in [0.4, 0.5) is 5.69 Å². The molecule has 242 valence electrons. The molecule has 0 saturated heterocycles. The molecule has 7 atom stereocenters. The number of anilines is 1. The monoisotopic (exact) mass is 660 g/mol. The van der Waals surface area contributed by atoms with Crippen LogP contribution in [0.3, 0.4) is 0 Å². The number of carbonyl (C=O) groups is 1. The standard InChI is InChI=1S/C33H43ClN2O4S.C2H6S/c1-5-7-23-16-26(34)12-14-28(23)33(4)19-36-18-25-10-13-27(25)30(37)9-6-8-21(2)22(3)41(39)35-32(38)24-11-15-31(40-20-33)29(36)17-24;1-3-2/h6,9,11-12,14-17,21-22,25,27,30,37H,5,7-8,10,13,18-20H2,1-4H3,(H,35,38);1-2H3/b9-6+;/t21?,22?,25?,27?,30?,33-,41?;/m0./s1. The van der Waals surface area contributed by atoms with E-state index in [4.69, 9.17) is 16.3 Å². The van der Waals surface area contributed by atoms with E-state index in [9.17, 15) is 14.1 Å². The average molecular weight is 661 g/mol. The summed E-state index contributed by atoms with van der Waals surface area (Å²) in [6.45, 7) is 10.3. The number of hydrogen-bond acceptors (Lipinski definition) is 6. The molecule has 6 nitrogen and oxygen atoms in total. The van der Waals surface area contributed by atoms with Crippen molar-refractivity contribution in [2.24, 2.45) is 17.8 Å². The molecule has 1 saturated carbocycles. The number of rotatable bonds is 3. The van der Waals surface area contributed by atoms with E-state index in [2.05, 4.69) is 35.6 Å². The van der Waals surface area contributed by atoms with Gasteiger partial charge in [0.15, 0.2) is 0 Å². The first-order valence-corrected chi connectivity index (χ1v) is 19.0. The molecule has 0 aromatic heterocycles. The van der Waals surface area contributed by atoms with Gasteiger partial charge < -0.3 is 14.7 Å². The molecule has 1 fully saturated rings. The number of nitrogens with one attached hydrogen (secondary N) is 1. The maximum atomic E-state index is 13.3. The van der Waals surface area contributed by atoms with Crippen LogP contribution in [0, 0.1) is 17.8 Å². The Hall–Kier alpha value is -2.00. The second-order valence-corrected chi connectivity index (χ2v) is 15.7. The quantitative estimate of drug-likeness (QED) is 0.339. The fraction of sp³-hybridized carbons (Fsp3) is 0.571. The maximum Gasteiger partial charge on any atom is 0.263 e. The van der Waals surface area contributed by atoms with Gasteiger partial charge >= 0.3 is 0 Å². The summed E-state index contributed by atoms with van der Waals surface area (Å²) < 4.78 is 22.3. The van der Waals surface area contributed by atoms with Crippen LogP contribution in [-0.4, -0.2) is 58.8 Å². The predicted octanol–water partition coefficient (Wildman–Crippen LogP) is 7.19. The summed E-state index contributed by atoms with van der Waals surface area (Å²) in [6, 6.07) is 11.7. The molecule has 44 heavy (non-hydrogen) atoms. The van der Waals surface area contributed by atoms with Crippen LogP contribution in [0.5, 0.6) is 5.75 Å². The second-order valence-electron chi connectivity index (χ2n) is 12.9. The van der Waals surface area contributed by atoms with Crippen LogP contribution in [0.15, 0.2) is 48.6 Å². The van der Waals surface area contributed by atoms with E-state index < -0.39 is 17.1 Å². The van der Waals surface area contributed by atoms with Crippen LogP contribution in [0.1, 0.15) is 74.9 Å². The molecule has 2 heterocycles. The lowest BCUT2D eigenvalue weighted by Gasteiger charge is -2.44. The Kier molecular flexibility index (Phi) is 12.3. The number of halogens is 1. The fourth-order valence-corrected chi connectivity index (χ4v) is 7.76. The molecule has 6 unspecified atom stereocenters. The zero-order valence-electron chi connectivity index (χ0n) is 27.0. The minimum absolute atomic E-state index is 0.0868. The van der Waals surface area contributed by atoms with Crippen molar-refractivity contribution in [2.75, 3.05) is 37.1 Å². The smallest absolute Gasteiger partial charge is 0.263 e. The lowest BCUT2D eigenvalue weighted by Crippen LogP contribution is -2.47. The van der Waals surface area contributed by atoms with Crippen LogP contribution in [-0.2, 0) is 22.8 Å². The Labute approximate surface area is 275 Å². The van der Waals surface area contributed by atoms with Crippen molar-refractivity contribution in [1.82, 2.24) is 4.72 Å². The van der Waals surface area contributed by atoms with Gasteiger partial charge in [0, 0.05) is 29.1 Å². The van der Waals surface area contributed by atoms with Crippen molar-refractivity contribution in [3.05, 3.63) is 70.3 Å². The number of amides is 1. The summed E-state index contributed by atoms with van der Waals surface area (Å²) >= 11 is 8.17. The third kappa shape index (κ3) is 8.04. The molecule has 9 heteroatoms. The van der Waals surface area contributed by atoms with Gasteiger partial charge in [0.05, 0.1) is 23.6 Å². The molecule has 2 bridgehead atoms. The molecule has 1 aliphatic carbocycles. The van der Waals surface area contributed by atoms with Crippen LogP contribution >= 0.6 is 23.4 Å². The van der Waals surface area contributed by atoms with Gasteiger partial charge in [0.2, 0.25) is 0 Å². The van der Waals surface area contributed by atoms with E-state index >= 15 is 0 Å². The number of carbonyl (C=O) groups excluding carboxylic acids is 1. The van der Waals surface area contributed by atoms with E-state index in [1.165, 1.54) is 11.1 Å². The van der Waals surface area contributed by atoms with Gasteiger partial charge in [0.25, 0.3) is 5.91 Å². The minimum Gasteiger partial charge on any atom is -0.490 e. The van der Waals surface area contributed by atoms with Crippen molar-refractivity contribution in [3.63, 3.8) is 0 Å². The Morgan fingerprint density at radius 2 is 1.93 bits per heavy atom. The van der Waals surface area contributed by atoms with Crippen molar-refractivity contribution >= 4 is 45.9 Å². The van der Waals surface area contributed by atoms with Gasteiger partial charge in [-0.15, -0.1) is 0 Å². The molecule has 3 aliphatic rings. The first kappa shape index (κ1) is 34.9. The van der Waals surface area contributed by atoms with Crippen LogP contribution in [0.25, 0.3) is 0 Å². The second kappa shape index (κ2) is 15.5. The van der Waals surface area contributed by atoms with Gasteiger partial charge in [-0.05, 0) is 104 Å². The van der Waals surface area contributed by atoms with Gasteiger partial charge in [0.1, 0.15) is 16.7 Å². The summed E-state index contributed by atoms with van der Waals surface area (Å²) in [6.07, 6.45) is 12.2. The number of benzene rings is 2. The largest absolute Gasteiger partial charge is 0.490 e. The summed E-state index contributed by atoms with van der Waals surface area (Å²) in [5.41, 5.74) is 3.46. The number of aliphatic hydroxyl groups excluding tert-OH is 1. The van der Waals surface area contributed by atoms with Gasteiger partial charge in [-0.2, -0.15) is 11.8 Å². The molecule has 2 N–H and O–H groups in total. The lowest BCUT2D eigenvalue weighted by molar-refractivity contribution is 0.0457. The van der Waals surface area contributed by atoms with E-state index in [0.29, 0.717) is 31.1 Å². The Bertz CT molecular complexity index is 1350. The fourth-order valence-electron chi connectivity index (χ4n) is 6.55. The Balaban J connectivity index is 0.00000141. The Morgan fingerprint density at radius 1 is 1.18 bits per heavy atom. The first-order valence-electron chi connectivity index (χ1n) is 15.8. The summed E-state index contributed by atoms with van der Waals surface area (Å²) in [4.78, 5) is 15.6. The number of thioether (sulfide) groups is 1. The molecule has 2 aliphatic heterocycles. The number of ether oxygens (including phenoxy) is 1. The number of allylic oxidation sites excluding steroid dienone is 1. The lowest BCUT2D eigenvalue weighted by atomic mass is 9.70. The molecule has 5 rings (SSSR count). The zero-order chi connectivity index (χ0) is 32.0. The normalized spacial score (nSPS) is 31.2. The molecule has 0 radical (unpaired) electrons. The summed E-state index contributed by atoms with van der Waals surface area (Å²) in [5, 5.41) is 11.6. The highest BCUT2D eigenvalue weighted by Crippen LogP contribution is 2.44. The molecular formula is C35H49ClN2O4S2. The van der Waals surface area contributed by atoms with E-state index in [-0.39, 0.29) is 28.4 Å². The number of hydrogen-bond donors (Lipinski definition) is 2. The van der Waals surface area contributed by atoms with Gasteiger partial charge in [-0.3, -0.25) is 9.52 Å². The van der Waals surface area contributed by atoms with Crippen molar-refractivity contribution in [3.8, 4) is 5.75 Å². The maximum absolute atomic E-state index is 13.3. The number of nitrogens with zero attached hydrogens (tertiary/aromatic N) is 1. The average Bonchev–Trinajstić information content (AvgIpc) is 3.11. The third-order valence-corrected chi connectivity index (χ3v) is 11.2.